The number of alkyl carbamates (subject to hydrolysis) is 1. The van der Waals surface area contributed by atoms with Crippen LogP contribution in [0, 0.1) is 17.3 Å². The van der Waals surface area contributed by atoms with Crippen LogP contribution in [-0.2, 0) is 28.6 Å². The number of amides is 5. The van der Waals surface area contributed by atoms with Gasteiger partial charge in [-0.3, -0.25) is 19.7 Å². The van der Waals surface area contributed by atoms with E-state index in [1.807, 2.05) is 61.5 Å². The third-order valence-corrected chi connectivity index (χ3v) is 9.80. The van der Waals surface area contributed by atoms with E-state index in [4.69, 9.17) is 19.9 Å². The molecule has 14 heteroatoms. The molecule has 53 heavy (non-hydrogen) atoms. The molecule has 1 unspecified atom stereocenters. The normalized spacial score (nSPS) is 22.7. The first kappa shape index (κ1) is 41.4. The lowest BCUT2D eigenvalue weighted by Gasteiger charge is -2.41. The average Bonchev–Trinajstić information content (AvgIpc) is 3.31. The second-order valence-corrected chi connectivity index (χ2v) is 17.5. The van der Waals surface area contributed by atoms with Crippen molar-refractivity contribution in [3.05, 3.63) is 29.3 Å². The van der Waals surface area contributed by atoms with Gasteiger partial charge in [-0.25, -0.2) is 14.4 Å². The molecule has 0 radical (unpaired) electrons. The van der Waals surface area contributed by atoms with Crippen molar-refractivity contribution in [3.63, 3.8) is 0 Å². The lowest BCUT2D eigenvalue weighted by Crippen LogP contribution is -2.54. The number of ether oxygens (including phenoxy) is 3. The van der Waals surface area contributed by atoms with Gasteiger partial charge in [-0.15, -0.1) is 0 Å². The Morgan fingerprint density at radius 1 is 0.962 bits per heavy atom. The van der Waals surface area contributed by atoms with Crippen LogP contribution in [0.15, 0.2) is 18.2 Å². The van der Waals surface area contributed by atoms with E-state index in [1.165, 1.54) is 0 Å². The maximum absolute atomic E-state index is 14.1. The van der Waals surface area contributed by atoms with Crippen LogP contribution in [0.4, 0.5) is 15.3 Å². The number of nitrogens with zero attached hydrogens (tertiary/aromatic N) is 1. The molecule has 3 aliphatic rings. The summed E-state index contributed by atoms with van der Waals surface area (Å²) in [7, 11) is 0. The number of nitrogens with one attached hydrogen (secondary N) is 3. The van der Waals surface area contributed by atoms with Gasteiger partial charge in [-0.2, -0.15) is 0 Å². The molecule has 5 N–H and O–H groups in total. The molecule has 5 amide bonds. The van der Waals surface area contributed by atoms with Crippen molar-refractivity contribution in [1.29, 1.82) is 0 Å². The smallest absolute Gasteiger partial charge is 0.407 e. The van der Waals surface area contributed by atoms with Gasteiger partial charge >= 0.3 is 18.2 Å². The summed E-state index contributed by atoms with van der Waals surface area (Å²) >= 11 is 0. The van der Waals surface area contributed by atoms with Crippen LogP contribution in [0.1, 0.15) is 135 Å². The number of rotatable bonds is 13. The predicted molar refractivity (Wildman–Crippen MR) is 198 cm³/mol. The minimum atomic E-state index is -1.19. The number of benzene rings is 1. The Bertz CT molecular complexity index is 1540. The summed E-state index contributed by atoms with van der Waals surface area (Å²) in [6, 6.07) is 4.24. The lowest BCUT2D eigenvalue weighted by molar-refractivity contribution is -0.169. The number of hydrogen-bond donors (Lipinski definition) is 4. The maximum atomic E-state index is 14.1. The van der Waals surface area contributed by atoms with Gasteiger partial charge < -0.3 is 35.5 Å². The lowest BCUT2D eigenvalue weighted by atomic mass is 9.76. The third kappa shape index (κ3) is 11.6. The molecule has 1 saturated heterocycles. The number of anilines is 1. The second kappa shape index (κ2) is 16.8. The molecule has 294 valence electrons. The quantitative estimate of drug-likeness (QED) is 0.0839. The van der Waals surface area contributed by atoms with Crippen molar-refractivity contribution >= 4 is 41.6 Å². The fraction of sp³-hybridized carbons (Fsp3) is 0.692. The fourth-order valence-electron chi connectivity index (χ4n) is 8.15. The molecule has 4 rings (SSSR count). The van der Waals surface area contributed by atoms with Gasteiger partial charge in [0, 0.05) is 36.3 Å². The van der Waals surface area contributed by atoms with Gasteiger partial charge in [0.05, 0.1) is 6.04 Å². The van der Waals surface area contributed by atoms with Crippen LogP contribution in [-0.4, -0.2) is 77.2 Å². The van der Waals surface area contributed by atoms with Crippen LogP contribution in [0.3, 0.4) is 0 Å². The van der Waals surface area contributed by atoms with Gasteiger partial charge in [0.2, 0.25) is 17.9 Å². The molecule has 2 heterocycles. The summed E-state index contributed by atoms with van der Waals surface area (Å²) in [6.07, 6.45) is 1.96. The Morgan fingerprint density at radius 3 is 2.25 bits per heavy atom. The van der Waals surface area contributed by atoms with Crippen LogP contribution in [0.5, 0.6) is 0 Å². The van der Waals surface area contributed by atoms with E-state index in [1.54, 1.807) is 17.0 Å². The zero-order valence-electron chi connectivity index (χ0n) is 32.6. The van der Waals surface area contributed by atoms with Gasteiger partial charge in [-0.1, -0.05) is 26.8 Å². The van der Waals surface area contributed by atoms with Gasteiger partial charge in [0.15, 0.2) is 0 Å². The molecule has 0 spiro atoms. The monoisotopic (exact) mass is 741 g/mol. The van der Waals surface area contributed by atoms with Crippen molar-refractivity contribution in [2.24, 2.45) is 23.0 Å². The minimum Gasteiger partial charge on any atom is -0.457 e. The van der Waals surface area contributed by atoms with Gasteiger partial charge in [0.25, 0.3) is 5.91 Å². The molecule has 14 nitrogen and oxygen atoms in total. The van der Waals surface area contributed by atoms with E-state index in [2.05, 4.69) is 16.0 Å². The first-order valence-corrected chi connectivity index (χ1v) is 18.8. The fourth-order valence-corrected chi connectivity index (χ4v) is 8.15. The molecule has 0 bridgehead atoms. The molecule has 0 aromatic heterocycles. The van der Waals surface area contributed by atoms with Crippen LogP contribution >= 0.6 is 0 Å². The number of fused-ring (bicyclic) bond motifs is 1. The van der Waals surface area contributed by atoms with Crippen LogP contribution in [0.2, 0.25) is 0 Å². The molecule has 2 aliphatic heterocycles. The van der Waals surface area contributed by atoms with E-state index in [0.29, 0.717) is 31.5 Å². The van der Waals surface area contributed by atoms with Crippen molar-refractivity contribution in [2.75, 3.05) is 18.4 Å². The summed E-state index contributed by atoms with van der Waals surface area (Å²) < 4.78 is 16.3. The standard InChI is InChI=1S/C39H59N5O9/c1-37(2,3)22-39(7,8)52-34(48)28(51-35(40)49)13-10-20-41-26-12-9-11-25-30(26)31(44(33(25)47)27-18-19-29(45)43-32(27)46)24-16-14-23(15-17-24)21-42-36(50)53-38(4,5)6/h9,11-12,23-24,27-28,31,41H,10,13-22H2,1-8H3,(H2,40,49)(H,42,50)(H,43,45,46)/t23?,24?,27-,28?,31-/m0/s1. The molecular weight excluding hydrogens is 682 g/mol. The average molecular weight is 742 g/mol. The topological polar surface area (TPSA) is 195 Å². The summed E-state index contributed by atoms with van der Waals surface area (Å²) in [4.78, 5) is 78.2. The predicted octanol–water partition coefficient (Wildman–Crippen LogP) is 5.73. The molecule has 3 atom stereocenters. The number of nitrogens with two attached hydrogens (primary N) is 1. The Morgan fingerprint density at radius 2 is 1.64 bits per heavy atom. The number of hydrogen-bond acceptors (Lipinski definition) is 10. The third-order valence-electron chi connectivity index (χ3n) is 9.80. The number of primary amides is 1. The molecule has 2 fully saturated rings. The largest absolute Gasteiger partial charge is 0.457 e. The van der Waals surface area contributed by atoms with E-state index < -0.39 is 53.5 Å². The molecule has 1 aromatic rings. The number of imide groups is 1. The van der Waals surface area contributed by atoms with E-state index in [-0.39, 0.29) is 48.3 Å². The van der Waals surface area contributed by atoms with Crippen molar-refractivity contribution in [2.45, 2.75) is 143 Å². The Balaban J connectivity index is 1.49. The van der Waals surface area contributed by atoms with Gasteiger partial charge in [-0.05, 0) is 115 Å². The van der Waals surface area contributed by atoms with E-state index in [9.17, 15) is 28.8 Å². The highest BCUT2D eigenvalue weighted by Crippen LogP contribution is 2.49. The van der Waals surface area contributed by atoms with E-state index in [0.717, 1.165) is 36.9 Å². The summed E-state index contributed by atoms with van der Waals surface area (Å²) in [5.41, 5.74) is 5.85. The van der Waals surface area contributed by atoms with Crippen LogP contribution in [0.25, 0.3) is 0 Å². The zero-order valence-corrected chi connectivity index (χ0v) is 32.6. The zero-order chi connectivity index (χ0) is 39.3. The molecule has 1 aromatic carbocycles. The maximum Gasteiger partial charge on any atom is 0.407 e. The highest BCUT2D eigenvalue weighted by molar-refractivity contribution is 6.06. The number of piperidine rings is 1. The SMILES string of the molecule is CC(C)(C)CC(C)(C)OC(=O)C(CCCNc1cccc2c1[C@H](C1CCC(CNC(=O)OC(C)(C)C)CC1)N([C@H]1CCC(=O)NC1=O)C2=O)OC(N)=O. The van der Waals surface area contributed by atoms with Crippen molar-refractivity contribution in [1.82, 2.24) is 15.5 Å². The molecule has 1 aliphatic carbocycles. The Labute approximate surface area is 313 Å². The molecule has 1 saturated carbocycles. The summed E-state index contributed by atoms with van der Waals surface area (Å²) in [5, 5.41) is 8.75. The van der Waals surface area contributed by atoms with Crippen molar-refractivity contribution < 1.29 is 43.0 Å². The molecular formula is C39H59N5O9. The first-order chi connectivity index (χ1) is 24.6. The first-order valence-electron chi connectivity index (χ1n) is 18.8. The summed E-state index contributed by atoms with van der Waals surface area (Å²) in [5.74, 6) is -1.50. The Hall–Kier alpha value is -4.36. The number of esters is 1. The van der Waals surface area contributed by atoms with Gasteiger partial charge in [0.1, 0.15) is 17.2 Å². The minimum absolute atomic E-state index is 0.0194. The van der Waals surface area contributed by atoms with Crippen LogP contribution < -0.4 is 21.7 Å². The summed E-state index contributed by atoms with van der Waals surface area (Å²) in [6.45, 7) is 16.1. The Kier molecular flexibility index (Phi) is 13.1. The number of carbonyl (C=O) groups excluding carboxylic acids is 6. The second-order valence-electron chi connectivity index (χ2n) is 17.5. The highest BCUT2D eigenvalue weighted by atomic mass is 16.6. The highest BCUT2D eigenvalue weighted by Gasteiger charge is 2.49. The number of carbonyl (C=O) groups is 6. The van der Waals surface area contributed by atoms with Crippen molar-refractivity contribution in [3.8, 4) is 0 Å². The van der Waals surface area contributed by atoms with E-state index >= 15 is 0 Å².